The van der Waals surface area contributed by atoms with Crippen LogP contribution in [0.2, 0.25) is 0 Å². The molecule has 0 bridgehead atoms. The first kappa shape index (κ1) is 21.0. The number of β-amino-alcohol motifs (C(OH)–C–C–N with tert-alkyl or cyclic N) is 1. The fourth-order valence-electron chi connectivity index (χ4n) is 3.77. The summed E-state index contributed by atoms with van der Waals surface area (Å²) in [7, 11) is 1.85. The van der Waals surface area contributed by atoms with E-state index in [-0.39, 0.29) is 5.91 Å². The van der Waals surface area contributed by atoms with Gasteiger partial charge in [0.25, 0.3) is 0 Å². The van der Waals surface area contributed by atoms with Crippen LogP contribution in [0.25, 0.3) is 0 Å². The van der Waals surface area contributed by atoms with Gasteiger partial charge in [0.05, 0.1) is 6.54 Å². The summed E-state index contributed by atoms with van der Waals surface area (Å²) in [6.45, 7) is 11.2. The minimum Gasteiger partial charge on any atom is -0.491 e. The highest BCUT2D eigenvalue weighted by Gasteiger charge is 2.21. The fraction of sp³-hybridized carbons (Fsp3) is 0.667. The van der Waals surface area contributed by atoms with Gasteiger partial charge in [0.15, 0.2) is 0 Å². The average molecular weight is 391 g/mol. The van der Waals surface area contributed by atoms with Crippen LogP contribution in [0.3, 0.4) is 0 Å². The minimum absolute atomic E-state index is 0.168. The SMILES string of the molecule is CCN1CCN(CC(O)COc2cccc(CN3CCN(C)C(=O)C3)c2)CC1. The molecule has 2 saturated heterocycles. The van der Waals surface area contributed by atoms with Gasteiger partial charge in [-0.1, -0.05) is 19.1 Å². The van der Waals surface area contributed by atoms with E-state index in [2.05, 4.69) is 27.7 Å². The summed E-state index contributed by atoms with van der Waals surface area (Å²) >= 11 is 0. The van der Waals surface area contributed by atoms with Gasteiger partial charge in [0, 0.05) is 59.4 Å². The molecule has 1 atom stereocenters. The second kappa shape index (κ2) is 10.2. The highest BCUT2D eigenvalue weighted by molar-refractivity contribution is 5.78. The van der Waals surface area contributed by atoms with E-state index in [0.717, 1.165) is 63.7 Å². The summed E-state index contributed by atoms with van der Waals surface area (Å²) in [5.74, 6) is 0.939. The molecule has 2 heterocycles. The van der Waals surface area contributed by atoms with Crippen LogP contribution < -0.4 is 4.74 Å². The molecule has 156 valence electrons. The van der Waals surface area contributed by atoms with Crippen molar-refractivity contribution in [3.05, 3.63) is 29.8 Å². The van der Waals surface area contributed by atoms with E-state index in [1.165, 1.54) is 0 Å². The number of carbonyl (C=O) groups is 1. The molecule has 0 spiro atoms. The fourth-order valence-corrected chi connectivity index (χ4v) is 3.77. The van der Waals surface area contributed by atoms with Gasteiger partial charge < -0.3 is 19.6 Å². The second-order valence-corrected chi connectivity index (χ2v) is 7.87. The quantitative estimate of drug-likeness (QED) is 0.691. The van der Waals surface area contributed by atoms with E-state index in [1.54, 1.807) is 4.90 Å². The molecule has 0 aromatic heterocycles. The number of aliphatic hydroxyl groups is 1. The van der Waals surface area contributed by atoms with Crippen molar-refractivity contribution in [3.8, 4) is 5.75 Å². The standard InChI is InChI=1S/C21H34N4O3/c1-3-23-9-11-24(12-10-23)15-19(26)17-28-20-6-4-5-18(13-20)14-25-8-7-22(2)21(27)16-25/h4-6,13,19,26H,3,7-12,14-17H2,1-2H3. The molecule has 2 aliphatic heterocycles. The van der Waals surface area contributed by atoms with Crippen LogP contribution in [0.5, 0.6) is 5.75 Å². The Morgan fingerprint density at radius 1 is 1.07 bits per heavy atom. The monoisotopic (exact) mass is 390 g/mol. The van der Waals surface area contributed by atoms with Crippen LogP contribution in [0.15, 0.2) is 24.3 Å². The number of aliphatic hydroxyl groups excluding tert-OH is 1. The number of likely N-dealkylation sites (N-methyl/N-ethyl adjacent to an activating group) is 2. The van der Waals surface area contributed by atoms with Crippen LogP contribution >= 0.6 is 0 Å². The molecular weight excluding hydrogens is 356 g/mol. The predicted molar refractivity (Wildman–Crippen MR) is 109 cm³/mol. The second-order valence-electron chi connectivity index (χ2n) is 7.87. The lowest BCUT2D eigenvalue weighted by Crippen LogP contribution is -2.49. The average Bonchev–Trinajstić information content (AvgIpc) is 2.70. The molecule has 1 aromatic carbocycles. The first-order chi connectivity index (χ1) is 13.5. The van der Waals surface area contributed by atoms with Gasteiger partial charge in [-0.05, 0) is 24.2 Å². The number of carbonyl (C=O) groups excluding carboxylic acids is 1. The number of hydrogen-bond donors (Lipinski definition) is 1. The predicted octanol–water partition coefficient (Wildman–Crippen LogP) is 0.338. The van der Waals surface area contributed by atoms with Crippen molar-refractivity contribution >= 4 is 5.91 Å². The van der Waals surface area contributed by atoms with Crippen molar-refractivity contribution in [3.63, 3.8) is 0 Å². The number of rotatable bonds is 8. The van der Waals surface area contributed by atoms with E-state index < -0.39 is 6.10 Å². The van der Waals surface area contributed by atoms with Crippen LogP contribution in [-0.4, -0.2) is 109 Å². The normalized spacial score (nSPS) is 21.1. The first-order valence-corrected chi connectivity index (χ1v) is 10.3. The maximum absolute atomic E-state index is 11.9. The largest absolute Gasteiger partial charge is 0.491 e. The van der Waals surface area contributed by atoms with Crippen molar-refractivity contribution in [1.29, 1.82) is 0 Å². The Bertz CT molecular complexity index is 634. The third-order valence-corrected chi connectivity index (χ3v) is 5.66. The molecule has 28 heavy (non-hydrogen) atoms. The molecular formula is C21H34N4O3. The summed E-state index contributed by atoms with van der Waals surface area (Å²) in [6.07, 6.45) is -0.493. The minimum atomic E-state index is -0.493. The molecule has 3 rings (SSSR count). The third kappa shape index (κ3) is 6.17. The Morgan fingerprint density at radius 3 is 2.50 bits per heavy atom. The molecule has 7 heteroatoms. The molecule has 0 aliphatic carbocycles. The van der Waals surface area contributed by atoms with Crippen LogP contribution in [0, 0.1) is 0 Å². The van der Waals surface area contributed by atoms with Gasteiger partial charge in [-0.2, -0.15) is 0 Å². The Morgan fingerprint density at radius 2 is 1.79 bits per heavy atom. The Hall–Kier alpha value is -1.67. The number of ether oxygens (including phenoxy) is 1. The lowest BCUT2D eigenvalue weighted by molar-refractivity contribution is -0.134. The first-order valence-electron chi connectivity index (χ1n) is 10.3. The molecule has 0 radical (unpaired) electrons. The summed E-state index contributed by atoms with van der Waals surface area (Å²) < 4.78 is 5.84. The molecule has 1 N–H and O–H groups in total. The molecule has 1 amide bonds. The van der Waals surface area contributed by atoms with Crippen molar-refractivity contribution in [2.24, 2.45) is 0 Å². The van der Waals surface area contributed by atoms with Crippen LogP contribution in [0.1, 0.15) is 12.5 Å². The van der Waals surface area contributed by atoms with Gasteiger partial charge in [-0.15, -0.1) is 0 Å². The lowest BCUT2D eigenvalue weighted by atomic mass is 10.2. The topological polar surface area (TPSA) is 59.5 Å². The highest BCUT2D eigenvalue weighted by Crippen LogP contribution is 2.16. The maximum atomic E-state index is 11.9. The molecule has 2 aliphatic rings. The molecule has 7 nitrogen and oxygen atoms in total. The van der Waals surface area contributed by atoms with Gasteiger partial charge in [-0.25, -0.2) is 0 Å². The Kier molecular flexibility index (Phi) is 7.67. The zero-order valence-corrected chi connectivity index (χ0v) is 17.2. The number of benzene rings is 1. The van der Waals surface area contributed by atoms with Gasteiger partial charge in [-0.3, -0.25) is 14.6 Å². The number of nitrogens with zero attached hydrogens (tertiary/aromatic N) is 4. The van der Waals surface area contributed by atoms with Crippen molar-refractivity contribution in [2.75, 3.05) is 72.6 Å². The summed E-state index contributed by atoms with van der Waals surface area (Å²) in [4.78, 5) is 20.5. The van der Waals surface area contributed by atoms with Crippen LogP contribution in [-0.2, 0) is 11.3 Å². The number of piperazine rings is 2. The maximum Gasteiger partial charge on any atom is 0.236 e. The third-order valence-electron chi connectivity index (χ3n) is 5.66. The van der Waals surface area contributed by atoms with E-state index >= 15 is 0 Å². The lowest BCUT2D eigenvalue weighted by Gasteiger charge is -2.34. The number of hydrogen-bond acceptors (Lipinski definition) is 6. The Balaban J connectivity index is 1.42. The van der Waals surface area contributed by atoms with Gasteiger partial charge >= 0.3 is 0 Å². The Labute approximate surface area is 168 Å². The molecule has 1 unspecified atom stereocenters. The molecule has 0 saturated carbocycles. The van der Waals surface area contributed by atoms with Crippen LogP contribution in [0.4, 0.5) is 0 Å². The van der Waals surface area contributed by atoms with Crippen molar-refractivity contribution < 1.29 is 14.6 Å². The zero-order chi connectivity index (χ0) is 19.9. The summed E-state index contributed by atoms with van der Waals surface area (Å²) in [6, 6.07) is 7.96. The molecule has 1 aromatic rings. The van der Waals surface area contributed by atoms with Crippen molar-refractivity contribution in [1.82, 2.24) is 19.6 Å². The van der Waals surface area contributed by atoms with E-state index in [1.807, 2.05) is 25.2 Å². The van der Waals surface area contributed by atoms with Gasteiger partial charge in [0.2, 0.25) is 5.91 Å². The number of amides is 1. The zero-order valence-electron chi connectivity index (χ0n) is 17.2. The smallest absolute Gasteiger partial charge is 0.236 e. The van der Waals surface area contributed by atoms with Gasteiger partial charge in [0.1, 0.15) is 18.5 Å². The van der Waals surface area contributed by atoms with E-state index in [9.17, 15) is 9.90 Å². The van der Waals surface area contributed by atoms with E-state index in [4.69, 9.17) is 4.74 Å². The van der Waals surface area contributed by atoms with Crippen molar-refractivity contribution in [2.45, 2.75) is 19.6 Å². The van der Waals surface area contributed by atoms with E-state index in [0.29, 0.717) is 19.7 Å². The summed E-state index contributed by atoms with van der Waals surface area (Å²) in [5.41, 5.74) is 1.13. The molecule has 2 fully saturated rings. The highest BCUT2D eigenvalue weighted by atomic mass is 16.5. The summed E-state index contributed by atoms with van der Waals surface area (Å²) in [5, 5.41) is 10.3.